The van der Waals surface area contributed by atoms with E-state index < -0.39 is 24.1 Å². The van der Waals surface area contributed by atoms with Crippen LogP contribution in [0.5, 0.6) is 0 Å². The van der Waals surface area contributed by atoms with Gasteiger partial charge in [0.05, 0.1) is 12.2 Å². The number of amides is 2. The Hall–Kier alpha value is -2.49. The summed E-state index contributed by atoms with van der Waals surface area (Å²) in [6, 6.07) is -2.28. The molecule has 0 saturated heterocycles. The molecular formula is C11H14N4O3. The molecule has 3 N–H and O–H groups in total. The van der Waals surface area contributed by atoms with E-state index in [0.717, 1.165) is 0 Å². The van der Waals surface area contributed by atoms with Gasteiger partial charge in [0, 0.05) is 18.8 Å². The highest BCUT2D eigenvalue weighted by Crippen LogP contribution is 2.11. The van der Waals surface area contributed by atoms with Crippen LogP contribution in [0.3, 0.4) is 0 Å². The molecule has 0 aromatic carbocycles. The van der Waals surface area contributed by atoms with Crippen LogP contribution in [-0.2, 0) is 11.8 Å². The molecule has 1 aromatic rings. The van der Waals surface area contributed by atoms with Crippen molar-refractivity contribution >= 4 is 12.0 Å². The molecule has 0 radical (unpaired) electrons. The number of carbonyl (C=O) groups is 2. The molecule has 1 aromatic heterocycles. The molecule has 7 nitrogen and oxygen atoms in total. The maximum Gasteiger partial charge on any atom is 0.331 e. The molecule has 0 bridgehead atoms. The van der Waals surface area contributed by atoms with Crippen LogP contribution in [0.25, 0.3) is 0 Å². The third-order valence-electron chi connectivity index (χ3n) is 2.18. The van der Waals surface area contributed by atoms with Gasteiger partial charge in [-0.05, 0) is 6.92 Å². The van der Waals surface area contributed by atoms with Gasteiger partial charge in [-0.15, -0.1) is 6.42 Å². The first-order valence-corrected chi connectivity index (χ1v) is 5.18. The summed E-state index contributed by atoms with van der Waals surface area (Å²) < 4.78 is 1.45. The summed E-state index contributed by atoms with van der Waals surface area (Å²) in [5, 5.41) is 17.6. The molecule has 18 heavy (non-hydrogen) atoms. The van der Waals surface area contributed by atoms with Crippen LogP contribution in [0.15, 0.2) is 12.4 Å². The second-order valence-electron chi connectivity index (χ2n) is 3.72. The van der Waals surface area contributed by atoms with E-state index in [1.165, 1.54) is 17.1 Å². The van der Waals surface area contributed by atoms with Gasteiger partial charge in [-0.1, -0.05) is 5.92 Å². The van der Waals surface area contributed by atoms with Crippen molar-refractivity contribution in [2.24, 2.45) is 7.05 Å². The van der Waals surface area contributed by atoms with Crippen LogP contribution in [-0.4, -0.2) is 32.9 Å². The molecule has 0 spiro atoms. The van der Waals surface area contributed by atoms with E-state index >= 15 is 0 Å². The molecular weight excluding hydrogens is 236 g/mol. The Bertz CT molecular complexity index is 489. The second kappa shape index (κ2) is 5.72. The summed E-state index contributed by atoms with van der Waals surface area (Å²) in [4.78, 5) is 22.6. The van der Waals surface area contributed by atoms with Crippen molar-refractivity contribution < 1.29 is 14.7 Å². The van der Waals surface area contributed by atoms with Crippen molar-refractivity contribution in [1.29, 1.82) is 0 Å². The molecule has 0 aliphatic carbocycles. The lowest BCUT2D eigenvalue weighted by Gasteiger charge is -2.14. The summed E-state index contributed by atoms with van der Waals surface area (Å²) in [6.45, 7) is 1.61. The summed E-state index contributed by atoms with van der Waals surface area (Å²) in [6.07, 6.45) is 8.00. The van der Waals surface area contributed by atoms with E-state index in [0.29, 0.717) is 5.56 Å². The number of carbonyl (C=O) groups excluding carboxylic acids is 1. The number of aryl methyl sites for hydroxylation is 1. The Labute approximate surface area is 104 Å². The number of nitrogens with one attached hydrogen (secondary N) is 2. The van der Waals surface area contributed by atoms with Crippen LogP contribution in [0, 0.1) is 12.3 Å². The smallest absolute Gasteiger partial charge is 0.331 e. The average Bonchev–Trinajstić information content (AvgIpc) is 2.71. The molecule has 2 unspecified atom stereocenters. The van der Waals surface area contributed by atoms with Gasteiger partial charge in [0.15, 0.2) is 6.04 Å². The first-order valence-electron chi connectivity index (χ1n) is 5.18. The normalized spacial score (nSPS) is 13.2. The zero-order valence-corrected chi connectivity index (χ0v) is 10.0. The van der Waals surface area contributed by atoms with Gasteiger partial charge in [-0.25, -0.2) is 9.59 Å². The topological polar surface area (TPSA) is 96.2 Å². The largest absolute Gasteiger partial charge is 0.479 e. The molecule has 0 fully saturated rings. The molecule has 7 heteroatoms. The van der Waals surface area contributed by atoms with E-state index in [-0.39, 0.29) is 0 Å². The minimum atomic E-state index is -1.17. The van der Waals surface area contributed by atoms with E-state index in [4.69, 9.17) is 11.5 Å². The summed E-state index contributed by atoms with van der Waals surface area (Å²) in [7, 11) is 1.66. The Kier molecular flexibility index (Phi) is 4.32. The number of aromatic nitrogens is 2. The highest BCUT2D eigenvalue weighted by atomic mass is 16.4. The number of rotatable bonds is 4. The lowest BCUT2D eigenvalue weighted by atomic mass is 10.1. The van der Waals surface area contributed by atoms with Gasteiger partial charge in [0.25, 0.3) is 0 Å². The first kappa shape index (κ1) is 13.6. The Balaban J connectivity index is 2.74. The Morgan fingerprint density at radius 1 is 1.56 bits per heavy atom. The van der Waals surface area contributed by atoms with Crippen LogP contribution >= 0.6 is 0 Å². The van der Waals surface area contributed by atoms with Crippen molar-refractivity contribution in [1.82, 2.24) is 20.4 Å². The fourth-order valence-corrected chi connectivity index (χ4v) is 1.29. The molecule has 0 aliphatic heterocycles. The van der Waals surface area contributed by atoms with Gasteiger partial charge in [0.2, 0.25) is 0 Å². The van der Waals surface area contributed by atoms with Gasteiger partial charge < -0.3 is 15.7 Å². The van der Waals surface area contributed by atoms with Crippen molar-refractivity contribution in [2.45, 2.75) is 19.0 Å². The zero-order chi connectivity index (χ0) is 13.7. The Morgan fingerprint density at radius 3 is 2.67 bits per heavy atom. The maximum absolute atomic E-state index is 11.5. The number of carboxylic acids is 1. The van der Waals surface area contributed by atoms with Gasteiger partial charge in [-0.2, -0.15) is 5.10 Å². The van der Waals surface area contributed by atoms with Crippen molar-refractivity contribution in [3.8, 4) is 12.3 Å². The Morgan fingerprint density at radius 2 is 2.22 bits per heavy atom. The third kappa shape index (κ3) is 3.52. The van der Waals surface area contributed by atoms with E-state index in [1.54, 1.807) is 14.0 Å². The first-order chi connectivity index (χ1) is 8.43. The third-order valence-corrected chi connectivity index (χ3v) is 2.18. The van der Waals surface area contributed by atoms with Crippen molar-refractivity contribution in [3.63, 3.8) is 0 Å². The van der Waals surface area contributed by atoms with Crippen LogP contribution in [0.4, 0.5) is 4.79 Å². The predicted molar refractivity (Wildman–Crippen MR) is 63.5 cm³/mol. The van der Waals surface area contributed by atoms with Crippen LogP contribution < -0.4 is 10.6 Å². The number of hydrogen-bond donors (Lipinski definition) is 3. The number of terminal acetylenes is 1. The molecule has 2 amide bonds. The predicted octanol–water partition coefficient (Wildman–Crippen LogP) is -0.133. The molecule has 0 aliphatic rings. The molecule has 1 rings (SSSR count). The fourth-order valence-electron chi connectivity index (χ4n) is 1.29. The van der Waals surface area contributed by atoms with Gasteiger partial charge in [0.1, 0.15) is 0 Å². The van der Waals surface area contributed by atoms with E-state index in [1.807, 2.05) is 0 Å². The van der Waals surface area contributed by atoms with Crippen molar-refractivity contribution in [2.75, 3.05) is 0 Å². The van der Waals surface area contributed by atoms with Gasteiger partial charge in [-0.3, -0.25) is 4.68 Å². The lowest BCUT2D eigenvalue weighted by Crippen LogP contribution is -2.43. The molecule has 1 heterocycles. The van der Waals surface area contributed by atoms with E-state index in [2.05, 4.69) is 21.7 Å². The zero-order valence-electron chi connectivity index (χ0n) is 10.0. The summed E-state index contributed by atoms with van der Waals surface area (Å²) >= 11 is 0. The maximum atomic E-state index is 11.5. The number of aliphatic carboxylic acids is 1. The lowest BCUT2D eigenvalue weighted by molar-refractivity contribution is -0.139. The van der Waals surface area contributed by atoms with Gasteiger partial charge >= 0.3 is 12.0 Å². The fraction of sp³-hybridized carbons (Fsp3) is 0.364. The minimum Gasteiger partial charge on any atom is -0.479 e. The summed E-state index contributed by atoms with van der Waals surface area (Å²) in [5.41, 5.74) is 0.383. The van der Waals surface area contributed by atoms with E-state index in [9.17, 15) is 9.59 Å². The number of carboxylic acid groups (broad SMARTS) is 1. The molecule has 96 valence electrons. The monoisotopic (exact) mass is 250 g/mol. The number of nitrogens with zero attached hydrogens (tertiary/aromatic N) is 2. The highest BCUT2D eigenvalue weighted by Gasteiger charge is 2.23. The van der Waals surface area contributed by atoms with Crippen LogP contribution in [0.1, 0.15) is 18.5 Å². The highest BCUT2D eigenvalue weighted by molar-refractivity contribution is 5.83. The summed E-state index contributed by atoms with van der Waals surface area (Å²) in [5.74, 6) is 1.13. The van der Waals surface area contributed by atoms with Crippen LogP contribution in [0.2, 0.25) is 0 Å². The molecule has 2 atom stereocenters. The average molecular weight is 250 g/mol. The minimum absolute atomic E-state index is 0.383. The number of hydrogen-bond acceptors (Lipinski definition) is 3. The molecule has 0 saturated carbocycles. The standard InChI is InChI=1S/C11H14N4O3/c1-4-7(2)13-11(18)14-9(10(16)17)8-5-12-15(3)6-8/h1,5-7,9H,2-3H3,(H,16,17)(H2,13,14,18). The SMILES string of the molecule is C#CC(C)NC(=O)NC(C(=O)O)c1cnn(C)c1. The number of urea groups is 1. The quantitative estimate of drug-likeness (QED) is 0.648. The van der Waals surface area contributed by atoms with Crippen molar-refractivity contribution in [3.05, 3.63) is 18.0 Å². The second-order valence-corrected chi connectivity index (χ2v) is 3.72.